The molecule has 2 aromatic carbocycles. The highest BCUT2D eigenvalue weighted by atomic mass is 19.1. The average molecular weight is 348 g/mol. The Kier molecular flexibility index (Phi) is 6.47. The van der Waals surface area contributed by atoms with Crippen LogP contribution in [-0.4, -0.2) is 31.0 Å². The van der Waals surface area contributed by atoms with E-state index < -0.39 is 11.9 Å². The number of ether oxygens (including phenoxy) is 1. The lowest BCUT2D eigenvalue weighted by Gasteiger charge is -2.24. The van der Waals surface area contributed by atoms with E-state index in [-0.39, 0.29) is 17.5 Å². The monoisotopic (exact) mass is 348 g/mol. The molecule has 0 aliphatic carbocycles. The summed E-state index contributed by atoms with van der Waals surface area (Å²) in [5.41, 5.74) is 1.57. The number of carbonyl (C=O) groups is 1. The first-order valence-electron chi connectivity index (χ1n) is 7.95. The molecule has 0 aliphatic rings. The average Bonchev–Trinajstić information content (AvgIpc) is 2.60. The maximum absolute atomic E-state index is 13.7. The Morgan fingerprint density at radius 2 is 1.80 bits per heavy atom. The fourth-order valence-corrected chi connectivity index (χ4v) is 2.37. The van der Waals surface area contributed by atoms with Gasteiger partial charge in [0, 0.05) is 13.1 Å². The Morgan fingerprint density at radius 1 is 1.16 bits per heavy atom. The van der Waals surface area contributed by atoms with Crippen molar-refractivity contribution in [1.82, 2.24) is 10.2 Å². The molecule has 1 amide bonds. The number of likely N-dealkylation sites (N-methyl/N-ethyl adjacent to an activating group) is 1. The van der Waals surface area contributed by atoms with E-state index in [1.54, 1.807) is 38.2 Å². The molecule has 0 spiro atoms. The van der Waals surface area contributed by atoms with Crippen LogP contribution in [0.1, 0.15) is 18.1 Å². The molecule has 0 heterocycles. The molecule has 2 aromatic rings. The molecule has 0 saturated heterocycles. The summed E-state index contributed by atoms with van der Waals surface area (Å²) in [6, 6.07) is 10.3. The molecule has 134 valence electrons. The van der Waals surface area contributed by atoms with Gasteiger partial charge in [-0.2, -0.15) is 0 Å². The smallest absolute Gasteiger partial charge is 0.237 e. The van der Waals surface area contributed by atoms with Gasteiger partial charge in [-0.05, 0) is 49.4 Å². The summed E-state index contributed by atoms with van der Waals surface area (Å²) < 4.78 is 31.5. The van der Waals surface area contributed by atoms with Gasteiger partial charge in [0.1, 0.15) is 5.82 Å². The summed E-state index contributed by atoms with van der Waals surface area (Å²) in [5.74, 6) is -0.700. The minimum Gasteiger partial charge on any atom is -0.494 e. The van der Waals surface area contributed by atoms with Gasteiger partial charge in [-0.15, -0.1) is 0 Å². The normalized spacial score (nSPS) is 12.1. The third-order valence-electron chi connectivity index (χ3n) is 4.07. The number of methoxy groups -OCH3 is 1. The van der Waals surface area contributed by atoms with Crippen LogP contribution in [0.2, 0.25) is 0 Å². The number of carbonyl (C=O) groups excluding carboxylic acids is 1. The number of nitrogens with zero attached hydrogens (tertiary/aromatic N) is 1. The van der Waals surface area contributed by atoms with Crippen molar-refractivity contribution in [1.29, 1.82) is 0 Å². The Hall–Kier alpha value is -2.47. The van der Waals surface area contributed by atoms with E-state index >= 15 is 0 Å². The Morgan fingerprint density at radius 3 is 2.40 bits per heavy atom. The van der Waals surface area contributed by atoms with E-state index in [2.05, 4.69) is 5.32 Å². The zero-order valence-corrected chi connectivity index (χ0v) is 14.6. The van der Waals surface area contributed by atoms with Crippen LogP contribution in [0.25, 0.3) is 0 Å². The van der Waals surface area contributed by atoms with Crippen LogP contribution in [0.4, 0.5) is 8.78 Å². The third-order valence-corrected chi connectivity index (χ3v) is 4.07. The van der Waals surface area contributed by atoms with Gasteiger partial charge < -0.3 is 10.1 Å². The predicted octanol–water partition coefficient (Wildman–Crippen LogP) is 3.11. The van der Waals surface area contributed by atoms with Gasteiger partial charge in [-0.25, -0.2) is 8.78 Å². The second-order valence-corrected chi connectivity index (χ2v) is 5.90. The molecule has 0 radical (unpaired) electrons. The van der Waals surface area contributed by atoms with Crippen LogP contribution in [0.5, 0.6) is 5.75 Å². The lowest BCUT2D eigenvalue weighted by atomic mass is 10.1. The highest BCUT2D eigenvalue weighted by Crippen LogP contribution is 2.19. The lowest BCUT2D eigenvalue weighted by molar-refractivity contribution is -0.125. The summed E-state index contributed by atoms with van der Waals surface area (Å²) >= 11 is 0. The first kappa shape index (κ1) is 18.9. The number of hydrogen-bond acceptors (Lipinski definition) is 3. The van der Waals surface area contributed by atoms with E-state index in [0.717, 1.165) is 11.1 Å². The Bertz CT molecular complexity index is 720. The SMILES string of the molecule is COc1ccc(CN(C)C(C)C(=O)NCc2ccc(F)cc2)cc1F. The maximum Gasteiger partial charge on any atom is 0.237 e. The van der Waals surface area contributed by atoms with E-state index in [1.165, 1.54) is 25.3 Å². The second kappa shape index (κ2) is 8.58. The summed E-state index contributed by atoms with van der Waals surface area (Å²) in [6.45, 7) is 2.53. The molecule has 0 aliphatic heterocycles. The summed E-state index contributed by atoms with van der Waals surface area (Å²) in [7, 11) is 3.21. The largest absolute Gasteiger partial charge is 0.494 e. The van der Waals surface area contributed by atoms with Gasteiger partial charge in [0.2, 0.25) is 5.91 Å². The molecule has 0 fully saturated rings. The highest BCUT2D eigenvalue weighted by Gasteiger charge is 2.18. The van der Waals surface area contributed by atoms with E-state index in [9.17, 15) is 13.6 Å². The fourth-order valence-electron chi connectivity index (χ4n) is 2.37. The van der Waals surface area contributed by atoms with Gasteiger partial charge in [-0.3, -0.25) is 9.69 Å². The fraction of sp³-hybridized carbons (Fsp3) is 0.316. The Labute approximate surface area is 146 Å². The van der Waals surface area contributed by atoms with Crippen molar-refractivity contribution >= 4 is 5.91 Å². The van der Waals surface area contributed by atoms with Crippen LogP contribution in [0, 0.1) is 11.6 Å². The molecule has 25 heavy (non-hydrogen) atoms. The minimum atomic E-state index is -0.429. The van der Waals surface area contributed by atoms with Crippen molar-refractivity contribution in [2.45, 2.75) is 26.1 Å². The summed E-state index contributed by atoms with van der Waals surface area (Å²) in [4.78, 5) is 14.1. The number of halogens is 2. The van der Waals surface area contributed by atoms with Gasteiger partial charge in [0.25, 0.3) is 0 Å². The Balaban J connectivity index is 1.89. The molecular formula is C19H22F2N2O2. The molecule has 2 rings (SSSR count). The highest BCUT2D eigenvalue weighted by molar-refractivity contribution is 5.81. The van der Waals surface area contributed by atoms with Gasteiger partial charge >= 0.3 is 0 Å². The van der Waals surface area contributed by atoms with Crippen molar-refractivity contribution < 1.29 is 18.3 Å². The first-order valence-corrected chi connectivity index (χ1v) is 7.95. The number of amides is 1. The van der Waals surface area contributed by atoms with Crippen LogP contribution in [0.15, 0.2) is 42.5 Å². The molecule has 1 atom stereocenters. The van der Waals surface area contributed by atoms with Crippen molar-refractivity contribution in [3.63, 3.8) is 0 Å². The molecule has 1 N–H and O–H groups in total. The number of benzene rings is 2. The molecule has 4 nitrogen and oxygen atoms in total. The zero-order valence-electron chi connectivity index (χ0n) is 14.6. The van der Waals surface area contributed by atoms with Crippen LogP contribution in [0.3, 0.4) is 0 Å². The molecule has 1 unspecified atom stereocenters. The van der Waals surface area contributed by atoms with Crippen LogP contribution < -0.4 is 10.1 Å². The van der Waals surface area contributed by atoms with Crippen molar-refractivity contribution in [2.24, 2.45) is 0 Å². The molecule has 0 bridgehead atoms. The van der Waals surface area contributed by atoms with E-state index in [0.29, 0.717) is 13.1 Å². The predicted molar refractivity (Wildman–Crippen MR) is 92.1 cm³/mol. The lowest BCUT2D eigenvalue weighted by Crippen LogP contribution is -2.42. The first-order chi connectivity index (χ1) is 11.9. The number of nitrogens with one attached hydrogen (secondary N) is 1. The van der Waals surface area contributed by atoms with Crippen LogP contribution >= 0.6 is 0 Å². The van der Waals surface area contributed by atoms with Crippen LogP contribution in [-0.2, 0) is 17.9 Å². The minimum absolute atomic E-state index is 0.152. The van der Waals surface area contributed by atoms with Crippen molar-refractivity contribution in [3.05, 3.63) is 65.2 Å². The topological polar surface area (TPSA) is 41.6 Å². The van der Waals surface area contributed by atoms with Gasteiger partial charge in [0.05, 0.1) is 13.2 Å². The summed E-state index contributed by atoms with van der Waals surface area (Å²) in [5, 5.41) is 2.82. The number of rotatable bonds is 7. The molecular weight excluding hydrogens is 326 g/mol. The molecule has 0 saturated carbocycles. The van der Waals surface area contributed by atoms with Crippen molar-refractivity contribution in [3.8, 4) is 5.75 Å². The van der Waals surface area contributed by atoms with Crippen molar-refractivity contribution in [2.75, 3.05) is 14.2 Å². The quantitative estimate of drug-likeness (QED) is 0.836. The third kappa shape index (κ3) is 5.26. The second-order valence-electron chi connectivity index (χ2n) is 5.90. The molecule has 6 heteroatoms. The van der Waals surface area contributed by atoms with Gasteiger partial charge in [-0.1, -0.05) is 18.2 Å². The van der Waals surface area contributed by atoms with E-state index in [1.807, 2.05) is 4.90 Å². The zero-order chi connectivity index (χ0) is 18.4. The molecule has 0 aromatic heterocycles. The standard InChI is InChI=1S/C19H22F2N2O2/c1-13(19(24)22-11-14-4-7-16(20)8-5-14)23(2)12-15-6-9-18(25-3)17(21)10-15/h4-10,13H,11-12H2,1-3H3,(H,22,24). The summed E-state index contributed by atoms with van der Waals surface area (Å²) in [6.07, 6.45) is 0. The van der Waals surface area contributed by atoms with Gasteiger partial charge in [0.15, 0.2) is 11.6 Å². The number of hydrogen-bond donors (Lipinski definition) is 1. The van der Waals surface area contributed by atoms with E-state index in [4.69, 9.17) is 4.74 Å². The maximum atomic E-state index is 13.7.